The summed E-state index contributed by atoms with van der Waals surface area (Å²) in [6.45, 7) is 2.24. The second-order valence-electron chi connectivity index (χ2n) is 4.26. The molecule has 0 N–H and O–H groups in total. The average molecular weight is 309 g/mol. The molecule has 90 valence electrons. The standard InChI is InChI=1S/C15H17BrS/c1-2-3-4-12-5-7-13(8-6-12)15(16)14-9-10-17-11-14/h5-11,15H,2-4H2,1H3. The van der Waals surface area contributed by atoms with Crippen molar-refractivity contribution in [3.05, 3.63) is 57.8 Å². The van der Waals surface area contributed by atoms with Crippen LogP contribution in [0.3, 0.4) is 0 Å². The van der Waals surface area contributed by atoms with E-state index >= 15 is 0 Å². The predicted octanol–water partition coefficient (Wildman–Crippen LogP) is 5.58. The number of benzene rings is 1. The van der Waals surface area contributed by atoms with Gasteiger partial charge in [0, 0.05) is 0 Å². The first kappa shape index (κ1) is 12.8. The summed E-state index contributed by atoms with van der Waals surface area (Å²) < 4.78 is 0. The van der Waals surface area contributed by atoms with Crippen molar-refractivity contribution in [1.29, 1.82) is 0 Å². The van der Waals surface area contributed by atoms with Crippen LogP contribution in [0.25, 0.3) is 0 Å². The predicted molar refractivity (Wildman–Crippen MR) is 80.1 cm³/mol. The zero-order chi connectivity index (χ0) is 12.1. The molecule has 1 aromatic heterocycles. The quantitative estimate of drug-likeness (QED) is 0.633. The summed E-state index contributed by atoms with van der Waals surface area (Å²) in [5.41, 5.74) is 4.13. The lowest BCUT2D eigenvalue weighted by molar-refractivity contribution is 0.795. The monoisotopic (exact) mass is 308 g/mol. The number of thiophene rings is 1. The molecule has 2 rings (SSSR count). The van der Waals surface area contributed by atoms with Crippen LogP contribution in [0.15, 0.2) is 41.1 Å². The van der Waals surface area contributed by atoms with E-state index in [4.69, 9.17) is 0 Å². The van der Waals surface area contributed by atoms with Crippen LogP contribution < -0.4 is 0 Å². The maximum Gasteiger partial charge on any atom is 0.0652 e. The molecule has 0 nitrogen and oxygen atoms in total. The van der Waals surface area contributed by atoms with Gasteiger partial charge in [0.1, 0.15) is 0 Å². The normalized spacial score (nSPS) is 12.6. The smallest absolute Gasteiger partial charge is 0.0652 e. The van der Waals surface area contributed by atoms with Crippen molar-refractivity contribution in [1.82, 2.24) is 0 Å². The SMILES string of the molecule is CCCCc1ccc(C(Br)c2ccsc2)cc1. The lowest BCUT2D eigenvalue weighted by atomic mass is 10.0. The lowest BCUT2D eigenvalue weighted by Gasteiger charge is -2.09. The number of alkyl halides is 1. The molecular formula is C15H17BrS. The van der Waals surface area contributed by atoms with E-state index in [1.165, 1.54) is 36.0 Å². The van der Waals surface area contributed by atoms with Gasteiger partial charge in [0.25, 0.3) is 0 Å². The molecule has 1 unspecified atom stereocenters. The Hall–Kier alpha value is -0.600. The van der Waals surface area contributed by atoms with E-state index in [0.717, 1.165) is 0 Å². The molecule has 17 heavy (non-hydrogen) atoms. The third-order valence-electron chi connectivity index (χ3n) is 2.93. The molecule has 0 amide bonds. The van der Waals surface area contributed by atoms with Crippen molar-refractivity contribution < 1.29 is 0 Å². The van der Waals surface area contributed by atoms with Gasteiger partial charge in [0.2, 0.25) is 0 Å². The van der Waals surface area contributed by atoms with Crippen LogP contribution in [0.5, 0.6) is 0 Å². The zero-order valence-electron chi connectivity index (χ0n) is 10.0. The minimum absolute atomic E-state index is 0.328. The van der Waals surface area contributed by atoms with Gasteiger partial charge in [-0.1, -0.05) is 53.5 Å². The Morgan fingerprint density at radius 2 is 1.88 bits per heavy atom. The molecule has 0 aliphatic heterocycles. The molecule has 1 aromatic carbocycles. The van der Waals surface area contributed by atoms with Crippen molar-refractivity contribution in [2.45, 2.75) is 31.0 Å². The van der Waals surface area contributed by atoms with E-state index < -0.39 is 0 Å². The van der Waals surface area contributed by atoms with Gasteiger partial charge in [-0.3, -0.25) is 0 Å². The second kappa shape index (κ2) is 6.36. The first-order chi connectivity index (χ1) is 8.31. The molecule has 0 radical (unpaired) electrons. The van der Waals surface area contributed by atoms with Crippen molar-refractivity contribution >= 4 is 27.3 Å². The minimum Gasteiger partial charge on any atom is -0.152 e. The van der Waals surface area contributed by atoms with Crippen molar-refractivity contribution in [2.75, 3.05) is 0 Å². The Bertz CT molecular complexity index is 430. The highest BCUT2D eigenvalue weighted by molar-refractivity contribution is 9.09. The Labute approximate surface area is 116 Å². The Kier molecular flexibility index (Phi) is 4.81. The Morgan fingerprint density at radius 1 is 1.12 bits per heavy atom. The van der Waals surface area contributed by atoms with Gasteiger partial charge in [-0.25, -0.2) is 0 Å². The molecule has 0 spiro atoms. The van der Waals surface area contributed by atoms with Crippen LogP contribution in [0.1, 0.15) is 41.3 Å². The summed E-state index contributed by atoms with van der Waals surface area (Å²) in [5.74, 6) is 0. The van der Waals surface area contributed by atoms with E-state index in [0.29, 0.717) is 4.83 Å². The summed E-state index contributed by atoms with van der Waals surface area (Å²) >= 11 is 5.50. The second-order valence-corrected chi connectivity index (χ2v) is 5.96. The fourth-order valence-electron chi connectivity index (χ4n) is 1.85. The summed E-state index contributed by atoms with van der Waals surface area (Å²) in [6, 6.07) is 11.2. The van der Waals surface area contributed by atoms with Crippen LogP contribution in [-0.4, -0.2) is 0 Å². The summed E-state index contributed by atoms with van der Waals surface area (Å²) in [5, 5.41) is 4.32. The molecular weight excluding hydrogens is 292 g/mol. The molecule has 2 heteroatoms. The molecule has 0 aliphatic carbocycles. The molecule has 1 atom stereocenters. The highest BCUT2D eigenvalue weighted by Crippen LogP contribution is 2.32. The van der Waals surface area contributed by atoms with Crippen molar-refractivity contribution in [3.63, 3.8) is 0 Å². The van der Waals surface area contributed by atoms with Crippen LogP contribution >= 0.6 is 27.3 Å². The van der Waals surface area contributed by atoms with Gasteiger partial charge in [0.15, 0.2) is 0 Å². The van der Waals surface area contributed by atoms with Gasteiger partial charge < -0.3 is 0 Å². The van der Waals surface area contributed by atoms with Gasteiger partial charge in [-0.15, -0.1) is 0 Å². The number of hydrogen-bond acceptors (Lipinski definition) is 1. The third kappa shape index (κ3) is 3.43. The van der Waals surface area contributed by atoms with Crippen LogP contribution in [0.2, 0.25) is 0 Å². The van der Waals surface area contributed by atoms with Crippen LogP contribution in [0.4, 0.5) is 0 Å². The van der Waals surface area contributed by atoms with Gasteiger partial charge in [0.05, 0.1) is 4.83 Å². The van der Waals surface area contributed by atoms with Gasteiger partial charge >= 0.3 is 0 Å². The van der Waals surface area contributed by atoms with E-state index in [-0.39, 0.29) is 0 Å². The van der Waals surface area contributed by atoms with Crippen LogP contribution in [0, 0.1) is 0 Å². The molecule has 0 saturated heterocycles. The Balaban J connectivity index is 2.07. The summed E-state index contributed by atoms with van der Waals surface area (Å²) in [4.78, 5) is 0.328. The number of unbranched alkanes of at least 4 members (excludes halogenated alkanes) is 1. The van der Waals surface area contributed by atoms with E-state index in [9.17, 15) is 0 Å². The number of halogens is 1. The first-order valence-electron chi connectivity index (χ1n) is 6.06. The van der Waals surface area contributed by atoms with E-state index in [1.54, 1.807) is 11.3 Å². The highest BCUT2D eigenvalue weighted by atomic mass is 79.9. The van der Waals surface area contributed by atoms with Crippen molar-refractivity contribution in [3.8, 4) is 0 Å². The largest absolute Gasteiger partial charge is 0.152 e. The third-order valence-corrected chi connectivity index (χ3v) is 4.69. The fourth-order valence-corrected chi connectivity index (χ4v) is 3.30. The molecule has 2 aromatic rings. The molecule has 0 fully saturated rings. The number of hydrogen-bond donors (Lipinski definition) is 0. The van der Waals surface area contributed by atoms with Crippen molar-refractivity contribution in [2.24, 2.45) is 0 Å². The molecule has 0 saturated carbocycles. The van der Waals surface area contributed by atoms with Gasteiger partial charge in [-0.05, 0) is 46.4 Å². The topological polar surface area (TPSA) is 0 Å². The number of rotatable bonds is 5. The van der Waals surface area contributed by atoms with Crippen LogP contribution in [-0.2, 0) is 6.42 Å². The zero-order valence-corrected chi connectivity index (χ0v) is 12.4. The highest BCUT2D eigenvalue weighted by Gasteiger charge is 2.10. The summed E-state index contributed by atoms with van der Waals surface area (Å²) in [7, 11) is 0. The van der Waals surface area contributed by atoms with Gasteiger partial charge in [-0.2, -0.15) is 11.3 Å². The molecule has 0 aliphatic rings. The first-order valence-corrected chi connectivity index (χ1v) is 7.92. The lowest BCUT2D eigenvalue weighted by Crippen LogP contribution is -1.91. The maximum atomic E-state index is 3.76. The average Bonchev–Trinajstić information content (AvgIpc) is 2.90. The van der Waals surface area contributed by atoms with E-state index in [1.807, 2.05) is 0 Å². The fraction of sp³-hybridized carbons (Fsp3) is 0.333. The maximum absolute atomic E-state index is 3.76. The molecule has 1 heterocycles. The Morgan fingerprint density at radius 3 is 2.47 bits per heavy atom. The number of aryl methyl sites for hydroxylation is 1. The molecule has 0 bridgehead atoms. The van der Waals surface area contributed by atoms with E-state index in [2.05, 4.69) is 63.9 Å². The minimum atomic E-state index is 0.328. The summed E-state index contributed by atoms with van der Waals surface area (Å²) in [6.07, 6.45) is 3.74.